The van der Waals surface area contributed by atoms with E-state index in [1.807, 2.05) is 17.6 Å². The second kappa shape index (κ2) is 11.8. The lowest BCUT2D eigenvalue weighted by Crippen LogP contribution is -2.28. The normalized spacial score (nSPS) is 15.4. The number of halogens is 1. The molecule has 6 heterocycles. The van der Waals surface area contributed by atoms with Crippen LogP contribution >= 0.6 is 0 Å². The van der Waals surface area contributed by atoms with Crippen LogP contribution in [0.1, 0.15) is 40.8 Å². The molecule has 0 spiro atoms. The van der Waals surface area contributed by atoms with Gasteiger partial charge in [0, 0.05) is 52.9 Å². The largest absolute Gasteiger partial charge is 0.476 e. The van der Waals surface area contributed by atoms with Gasteiger partial charge in [-0.05, 0) is 49.9 Å². The van der Waals surface area contributed by atoms with Gasteiger partial charge in [-0.15, -0.1) is 5.10 Å². The van der Waals surface area contributed by atoms with Crippen molar-refractivity contribution in [2.24, 2.45) is 13.0 Å². The van der Waals surface area contributed by atoms with Crippen molar-refractivity contribution in [3.05, 3.63) is 53.5 Å². The minimum Gasteiger partial charge on any atom is -0.476 e. The van der Waals surface area contributed by atoms with Gasteiger partial charge in [0.05, 0.1) is 28.6 Å². The number of hydrogen-bond donors (Lipinski definition) is 1. The van der Waals surface area contributed by atoms with Crippen molar-refractivity contribution in [3.8, 4) is 11.3 Å². The minimum atomic E-state index is -1.35. The number of carboxylic acids is 1. The summed E-state index contributed by atoms with van der Waals surface area (Å²) in [6.45, 7) is 10.3. The number of pyridine rings is 2. The fourth-order valence-corrected chi connectivity index (χ4v) is 6.86. The Morgan fingerprint density at radius 2 is 2.00 bits per heavy atom. The van der Waals surface area contributed by atoms with E-state index in [0.29, 0.717) is 54.7 Å². The van der Waals surface area contributed by atoms with Crippen molar-refractivity contribution in [1.29, 1.82) is 0 Å². The molecule has 5 aromatic heterocycles. The molecule has 1 N–H and O–H groups in total. The molecule has 0 saturated carbocycles. The van der Waals surface area contributed by atoms with E-state index in [2.05, 4.69) is 40.0 Å². The Labute approximate surface area is 254 Å². The van der Waals surface area contributed by atoms with Crippen LogP contribution in [0.2, 0.25) is 25.7 Å². The first kappa shape index (κ1) is 30.0. The zero-order chi connectivity index (χ0) is 31.2. The SMILES string of the molecule is Cc1nnn(C)c1-c1cnc2c3c(c(C(=O)O)nn3COCC[Si](C)(C)C)n(C(c3ncccc3F)C3CCOCC3)c2c1. The van der Waals surface area contributed by atoms with E-state index >= 15 is 4.39 Å². The highest BCUT2D eigenvalue weighted by atomic mass is 28.3. The summed E-state index contributed by atoms with van der Waals surface area (Å²) in [5.41, 5.74) is 4.38. The fraction of sp³-hybridized carbons (Fsp3) is 0.467. The molecule has 6 rings (SSSR count). The molecule has 1 aliphatic rings. The number of aryl methyl sites for hydroxylation is 2. The molecule has 14 heteroatoms. The Kier molecular flexibility index (Phi) is 8.07. The maximum atomic E-state index is 15.7. The predicted octanol–water partition coefficient (Wildman–Crippen LogP) is 5.05. The minimum absolute atomic E-state index is 0.0570. The van der Waals surface area contributed by atoms with Gasteiger partial charge < -0.3 is 19.1 Å². The molecule has 232 valence electrons. The quantitative estimate of drug-likeness (QED) is 0.168. The molecule has 44 heavy (non-hydrogen) atoms. The van der Waals surface area contributed by atoms with Crippen LogP contribution in [0.5, 0.6) is 0 Å². The molecule has 0 radical (unpaired) electrons. The maximum absolute atomic E-state index is 15.7. The first-order chi connectivity index (χ1) is 21.0. The van der Waals surface area contributed by atoms with Gasteiger partial charge in [-0.2, -0.15) is 5.10 Å². The van der Waals surface area contributed by atoms with Crippen LogP contribution < -0.4 is 0 Å². The fourth-order valence-electron chi connectivity index (χ4n) is 6.10. The second-order valence-electron chi connectivity index (χ2n) is 12.6. The second-order valence-corrected chi connectivity index (χ2v) is 18.2. The van der Waals surface area contributed by atoms with Crippen LogP contribution in [0.25, 0.3) is 33.3 Å². The van der Waals surface area contributed by atoms with Crippen LogP contribution in [0.15, 0.2) is 30.6 Å². The average molecular weight is 621 g/mol. The van der Waals surface area contributed by atoms with Crippen LogP contribution in [-0.2, 0) is 23.3 Å². The van der Waals surface area contributed by atoms with Crippen molar-refractivity contribution in [1.82, 2.24) is 39.3 Å². The molecule has 1 fully saturated rings. The Balaban J connectivity index is 1.64. The first-order valence-corrected chi connectivity index (χ1v) is 18.5. The van der Waals surface area contributed by atoms with Gasteiger partial charge in [-0.1, -0.05) is 24.9 Å². The summed E-state index contributed by atoms with van der Waals surface area (Å²) >= 11 is 0. The number of hydrogen-bond acceptors (Lipinski definition) is 8. The Hall–Kier alpha value is -4.01. The molecule has 1 atom stereocenters. The van der Waals surface area contributed by atoms with E-state index in [1.54, 1.807) is 34.9 Å². The van der Waals surface area contributed by atoms with Crippen molar-refractivity contribution in [2.75, 3.05) is 19.8 Å². The number of carbonyl (C=O) groups is 1. The van der Waals surface area contributed by atoms with Gasteiger partial charge in [0.1, 0.15) is 29.1 Å². The van der Waals surface area contributed by atoms with Crippen LogP contribution in [0, 0.1) is 18.7 Å². The highest BCUT2D eigenvalue weighted by molar-refractivity contribution is 6.76. The summed E-state index contributed by atoms with van der Waals surface area (Å²) in [5, 5.41) is 23.3. The van der Waals surface area contributed by atoms with Gasteiger partial charge in [-0.3, -0.25) is 9.97 Å². The molecule has 0 aliphatic carbocycles. The predicted molar refractivity (Wildman–Crippen MR) is 165 cm³/mol. The van der Waals surface area contributed by atoms with Gasteiger partial charge in [0.25, 0.3) is 0 Å². The summed E-state index contributed by atoms with van der Waals surface area (Å²) in [4.78, 5) is 22.2. The van der Waals surface area contributed by atoms with Crippen molar-refractivity contribution >= 4 is 36.1 Å². The third kappa shape index (κ3) is 5.52. The smallest absolute Gasteiger partial charge is 0.358 e. The van der Waals surface area contributed by atoms with Crippen molar-refractivity contribution < 1.29 is 23.8 Å². The summed E-state index contributed by atoms with van der Waals surface area (Å²) in [6.07, 6.45) is 4.59. The van der Waals surface area contributed by atoms with Gasteiger partial charge in [0.2, 0.25) is 0 Å². The maximum Gasteiger partial charge on any atom is 0.358 e. The molecule has 0 amide bonds. The molecular weight excluding hydrogens is 583 g/mol. The Morgan fingerprint density at radius 3 is 2.66 bits per heavy atom. The van der Waals surface area contributed by atoms with Crippen LogP contribution in [0.3, 0.4) is 0 Å². The molecule has 12 nitrogen and oxygen atoms in total. The number of ether oxygens (including phenoxy) is 2. The van der Waals surface area contributed by atoms with Gasteiger partial charge in [-0.25, -0.2) is 18.5 Å². The van der Waals surface area contributed by atoms with Gasteiger partial charge >= 0.3 is 5.97 Å². The summed E-state index contributed by atoms with van der Waals surface area (Å²) in [6, 6.07) is 5.20. The monoisotopic (exact) mass is 620 g/mol. The summed E-state index contributed by atoms with van der Waals surface area (Å²) < 4.78 is 32.5. The van der Waals surface area contributed by atoms with E-state index in [4.69, 9.17) is 14.5 Å². The number of aromatic nitrogens is 8. The molecule has 1 aliphatic heterocycles. The zero-order valence-electron chi connectivity index (χ0n) is 25.6. The summed E-state index contributed by atoms with van der Waals surface area (Å²) in [7, 11) is 0.456. The number of rotatable bonds is 10. The Bertz CT molecular complexity index is 1820. The molecule has 1 saturated heterocycles. The van der Waals surface area contributed by atoms with Crippen molar-refractivity contribution in [3.63, 3.8) is 0 Å². The number of carboxylic acid groups (broad SMARTS) is 1. The van der Waals surface area contributed by atoms with Crippen LogP contribution in [-0.4, -0.2) is 78.3 Å². The van der Waals surface area contributed by atoms with Crippen molar-refractivity contribution in [2.45, 2.75) is 58.2 Å². The van der Waals surface area contributed by atoms with E-state index in [9.17, 15) is 9.90 Å². The van der Waals surface area contributed by atoms with E-state index in [1.165, 1.54) is 6.07 Å². The average Bonchev–Trinajstić information content (AvgIpc) is 3.63. The molecule has 5 aromatic rings. The highest BCUT2D eigenvalue weighted by Crippen LogP contribution is 2.42. The summed E-state index contributed by atoms with van der Waals surface area (Å²) in [5.74, 6) is -1.75. The van der Waals surface area contributed by atoms with E-state index in [0.717, 1.165) is 23.0 Å². The van der Waals surface area contributed by atoms with E-state index < -0.39 is 25.9 Å². The van der Waals surface area contributed by atoms with E-state index in [-0.39, 0.29) is 24.0 Å². The topological polar surface area (TPSA) is 135 Å². The molecule has 1 unspecified atom stereocenters. The molecule has 0 bridgehead atoms. The lowest BCUT2D eigenvalue weighted by Gasteiger charge is -2.32. The lowest BCUT2D eigenvalue weighted by molar-refractivity contribution is 0.0541. The lowest BCUT2D eigenvalue weighted by atomic mass is 9.88. The molecule has 0 aromatic carbocycles. The standard InChI is InChI=1S/C30H37FN8O4Si/c1-18-26(37(2)36-34-18)20-15-22-24(33-16-20)28-29(25(30(40)41)35-38(28)17-43-13-14-44(3,4)5)39(22)27(19-8-11-42-12-9-19)23-21(31)7-6-10-32-23/h6-7,10,15-16,19,27H,8-9,11-14,17H2,1-5H3,(H,40,41). The highest BCUT2D eigenvalue weighted by Gasteiger charge is 2.36. The molecular formula is C30H37FN8O4Si. The van der Waals surface area contributed by atoms with Crippen LogP contribution in [0.4, 0.5) is 4.39 Å². The number of aromatic carboxylic acids is 1. The Morgan fingerprint density at radius 1 is 1.23 bits per heavy atom. The third-order valence-corrected chi connectivity index (χ3v) is 9.96. The number of nitrogens with zero attached hydrogens (tertiary/aromatic N) is 8. The zero-order valence-corrected chi connectivity index (χ0v) is 26.6. The number of fused-ring (bicyclic) bond motifs is 3. The third-order valence-electron chi connectivity index (χ3n) is 8.26. The van der Waals surface area contributed by atoms with Gasteiger partial charge in [0.15, 0.2) is 5.69 Å². The first-order valence-electron chi connectivity index (χ1n) is 14.8.